The molecule has 6 rings (SSSR count). The molecule has 0 fully saturated rings. The van der Waals surface area contributed by atoms with E-state index in [0.717, 1.165) is 0 Å². The Morgan fingerprint density at radius 1 is 0.571 bits per heavy atom. The van der Waals surface area contributed by atoms with Gasteiger partial charge in [0.25, 0.3) is 0 Å². The van der Waals surface area contributed by atoms with Crippen molar-refractivity contribution in [2.24, 2.45) is 0 Å². The second kappa shape index (κ2) is 13.0. The van der Waals surface area contributed by atoms with Gasteiger partial charge in [0.1, 0.15) is 0 Å². The fourth-order valence-corrected chi connectivity index (χ4v) is 22.9. The molecule has 0 aromatic heterocycles. The van der Waals surface area contributed by atoms with Crippen LogP contribution in [-0.4, -0.2) is 19.4 Å². The first-order chi connectivity index (χ1) is 19.1. The van der Waals surface area contributed by atoms with Crippen molar-refractivity contribution in [3.63, 3.8) is 0 Å². The van der Waals surface area contributed by atoms with Crippen LogP contribution in [0.4, 0.5) is 0 Å². The van der Waals surface area contributed by atoms with E-state index in [-0.39, 0.29) is 24.8 Å². The summed E-state index contributed by atoms with van der Waals surface area (Å²) in [6, 6.07) is 41.5. The van der Waals surface area contributed by atoms with Gasteiger partial charge in [0.2, 0.25) is 0 Å². The molecule has 2 aliphatic rings. The smallest absolute Gasteiger partial charge is 1.00 e. The quantitative estimate of drug-likeness (QED) is 0.267. The van der Waals surface area contributed by atoms with Gasteiger partial charge in [-0.1, -0.05) is 0 Å². The van der Waals surface area contributed by atoms with Crippen LogP contribution >= 0.6 is 0 Å². The molecule has 0 saturated carbocycles. The minimum atomic E-state index is -2.72. The molecule has 5 heteroatoms. The Labute approximate surface area is 275 Å². The average Bonchev–Trinajstić information content (AvgIpc) is 3.54. The standard InChI is InChI=1S/C13H9.C13H10.C11H21Si2.2ClH.Zr/c1-3-7-12-10(5-1)9-11-6-2-4-8-13(11)12;1-3-7-12(8-4-1)11-13-9-5-2-6-10-13;1-12(2,3)10-7-8-11(9-10)13(4,5)6;;;/h1-9H;1-10H;9H,7H2,1-6H3;2*1H;/q;;;;;+2/p-2. The SMILES string of the molecule is C[Si](C)(C)C1=CC([Si](C)(C)C)=[C]([Zr+2](=[C](c2ccccc2)c2ccccc2)[CH]2c3ccccc3-c3ccccc32)C1.[Cl-].[Cl-]. The molecular weight excluding hydrogens is 663 g/mol. The first-order valence-electron chi connectivity index (χ1n) is 14.6. The molecule has 0 bridgehead atoms. The van der Waals surface area contributed by atoms with E-state index < -0.39 is 37.4 Å². The Balaban J connectivity index is 0.00000202. The summed E-state index contributed by atoms with van der Waals surface area (Å²) < 4.78 is 4.01. The van der Waals surface area contributed by atoms with Crippen molar-refractivity contribution in [2.45, 2.75) is 49.3 Å². The largest absolute Gasteiger partial charge is 1.00 e. The number of benzene rings is 4. The Hall–Kier alpha value is -1.87. The number of hydrogen-bond donors (Lipinski definition) is 0. The Bertz CT molecular complexity index is 1590. The molecule has 4 aromatic carbocycles. The van der Waals surface area contributed by atoms with Gasteiger partial charge in [-0.25, -0.2) is 0 Å². The van der Waals surface area contributed by atoms with E-state index in [2.05, 4.69) is 155 Å². The van der Waals surface area contributed by atoms with Crippen LogP contribution in [0, 0.1) is 0 Å². The minimum Gasteiger partial charge on any atom is -1.00 e. The van der Waals surface area contributed by atoms with E-state index in [0.29, 0.717) is 3.63 Å². The van der Waals surface area contributed by atoms with E-state index in [9.17, 15) is 0 Å². The van der Waals surface area contributed by atoms with Crippen LogP contribution < -0.4 is 24.8 Å². The summed E-state index contributed by atoms with van der Waals surface area (Å²) in [5.41, 5.74) is 8.88. The van der Waals surface area contributed by atoms with Crippen molar-refractivity contribution in [3.8, 4) is 11.1 Å². The molecule has 0 unspecified atom stereocenters. The van der Waals surface area contributed by atoms with Crippen LogP contribution in [0.25, 0.3) is 11.1 Å². The summed E-state index contributed by atoms with van der Waals surface area (Å²) in [6.45, 7) is 15.4. The van der Waals surface area contributed by atoms with Gasteiger partial charge in [0.05, 0.1) is 0 Å². The van der Waals surface area contributed by atoms with Crippen LogP contribution in [0.5, 0.6) is 0 Å². The van der Waals surface area contributed by atoms with E-state index in [4.69, 9.17) is 0 Å². The second-order valence-corrected chi connectivity index (χ2v) is 29.7. The fraction of sp³-hybridized carbons (Fsp3) is 0.216. The minimum absolute atomic E-state index is 0. The molecule has 2 aliphatic carbocycles. The van der Waals surface area contributed by atoms with Crippen LogP contribution in [0.2, 0.25) is 39.3 Å². The second-order valence-electron chi connectivity index (χ2n) is 13.4. The van der Waals surface area contributed by atoms with Gasteiger partial charge >= 0.3 is 252 Å². The monoisotopic (exact) mass is 700 g/mol. The summed E-state index contributed by atoms with van der Waals surface area (Å²) in [4.78, 5) is 0. The zero-order chi connectivity index (χ0) is 28.1. The van der Waals surface area contributed by atoms with Gasteiger partial charge in [-0.05, 0) is 0 Å². The molecule has 0 aliphatic heterocycles. The zero-order valence-corrected chi connectivity index (χ0v) is 31.5. The third-order valence-corrected chi connectivity index (χ3v) is 21.9. The third kappa shape index (κ3) is 6.19. The van der Waals surface area contributed by atoms with E-state index >= 15 is 0 Å². The maximum atomic E-state index is 2.73. The van der Waals surface area contributed by atoms with Gasteiger partial charge in [0, 0.05) is 0 Å². The normalized spacial score (nSPS) is 14.2. The molecule has 0 heterocycles. The first-order valence-corrected chi connectivity index (χ1v) is 25.5. The third-order valence-electron chi connectivity index (χ3n) is 8.62. The summed E-state index contributed by atoms with van der Waals surface area (Å²) in [7, 11) is -3.04. The molecule has 214 valence electrons. The molecule has 0 spiro atoms. The molecule has 0 nitrogen and oxygen atoms in total. The van der Waals surface area contributed by atoms with Gasteiger partial charge < -0.3 is 24.8 Å². The van der Waals surface area contributed by atoms with Crippen molar-refractivity contribution < 1.29 is 46.1 Å². The van der Waals surface area contributed by atoms with Gasteiger partial charge in [-0.15, -0.1) is 0 Å². The predicted octanol–water partition coefficient (Wildman–Crippen LogP) is 3.99. The molecule has 42 heavy (non-hydrogen) atoms. The van der Waals surface area contributed by atoms with Gasteiger partial charge in [-0.3, -0.25) is 0 Å². The summed E-state index contributed by atoms with van der Waals surface area (Å²) in [5, 5.41) is 3.53. The maximum Gasteiger partial charge on any atom is -1.00 e. The molecule has 0 radical (unpaired) electrons. The first kappa shape index (κ1) is 33.0. The van der Waals surface area contributed by atoms with Gasteiger partial charge in [-0.2, -0.15) is 0 Å². The van der Waals surface area contributed by atoms with E-state index in [1.165, 1.54) is 28.7 Å². The van der Waals surface area contributed by atoms with Crippen molar-refractivity contribution in [1.29, 1.82) is 0 Å². The number of allylic oxidation sites excluding steroid dienone is 4. The van der Waals surface area contributed by atoms with Crippen molar-refractivity contribution in [2.75, 3.05) is 0 Å². The molecule has 0 atom stereocenters. The van der Waals surface area contributed by atoms with Crippen LogP contribution in [0.3, 0.4) is 0 Å². The summed E-state index contributed by atoms with van der Waals surface area (Å²) in [5.74, 6) is 0. The van der Waals surface area contributed by atoms with E-state index in [1.54, 1.807) is 24.7 Å². The Morgan fingerprint density at radius 3 is 1.43 bits per heavy atom. The Kier molecular flexibility index (Phi) is 10.2. The molecule has 0 saturated heterocycles. The predicted molar refractivity (Wildman–Crippen MR) is 176 cm³/mol. The van der Waals surface area contributed by atoms with Crippen molar-refractivity contribution in [1.82, 2.24) is 0 Å². The summed E-state index contributed by atoms with van der Waals surface area (Å²) >= 11 is -2.72. The average molecular weight is 703 g/mol. The number of hydrogen-bond acceptors (Lipinski definition) is 0. The topological polar surface area (TPSA) is 0 Å². The summed E-state index contributed by atoms with van der Waals surface area (Å²) in [6.07, 6.45) is 3.93. The zero-order valence-electron chi connectivity index (χ0n) is 25.5. The van der Waals surface area contributed by atoms with Crippen molar-refractivity contribution in [3.05, 3.63) is 151 Å². The molecule has 0 N–H and O–H groups in total. The molecule has 4 aromatic rings. The molecular formula is C37H40Cl2Si2Zr. The van der Waals surface area contributed by atoms with Crippen LogP contribution in [0.15, 0.2) is 129 Å². The number of fused-ring (bicyclic) bond motifs is 3. The van der Waals surface area contributed by atoms with E-state index in [1.807, 2.05) is 3.28 Å². The number of rotatable bonds is 6. The fourth-order valence-electron chi connectivity index (χ4n) is 6.61. The van der Waals surface area contributed by atoms with Crippen molar-refractivity contribution >= 4 is 19.4 Å². The number of halogens is 2. The van der Waals surface area contributed by atoms with Gasteiger partial charge in [0.15, 0.2) is 0 Å². The Morgan fingerprint density at radius 2 is 1.00 bits per heavy atom. The maximum absolute atomic E-state index is 2.73. The molecule has 0 amide bonds. The van der Waals surface area contributed by atoms with Crippen LogP contribution in [-0.2, 0) is 21.3 Å². The van der Waals surface area contributed by atoms with Crippen LogP contribution in [0.1, 0.15) is 32.3 Å².